The molecule has 37 heavy (non-hydrogen) atoms. The maximum atomic E-state index is 13.6. The molecule has 1 fully saturated rings. The van der Waals surface area contributed by atoms with Crippen LogP contribution < -0.4 is 14.4 Å². The smallest absolute Gasteiger partial charge is 0.241 e. The minimum absolute atomic E-state index is 0.0600. The fourth-order valence-corrected chi connectivity index (χ4v) is 5.90. The van der Waals surface area contributed by atoms with E-state index >= 15 is 0 Å². The highest BCUT2D eigenvalue weighted by Gasteiger charge is 2.43. The molecule has 4 rings (SSSR count). The number of likely N-dealkylation sites (tertiary alicyclic amines) is 1. The van der Waals surface area contributed by atoms with Crippen molar-refractivity contribution in [2.24, 2.45) is 5.92 Å². The topological polar surface area (TPSA) is 109 Å². The lowest BCUT2D eigenvalue weighted by Gasteiger charge is -2.29. The van der Waals surface area contributed by atoms with Crippen molar-refractivity contribution in [1.82, 2.24) is 14.6 Å². The van der Waals surface area contributed by atoms with Crippen LogP contribution >= 0.6 is 0 Å². The minimum Gasteiger partial charge on any atom is -0.493 e. The molecule has 1 aromatic heterocycles. The number of anilines is 1. The Morgan fingerprint density at radius 1 is 1.32 bits per heavy atom. The summed E-state index contributed by atoms with van der Waals surface area (Å²) in [6.45, 7) is 4.19. The van der Waals surface area contributed by atoms with Gasteiger partial charge in [-0.3, -0.25) is 14.7 Å². The highest BCUT2D eigenvalue weighted by molar-refractivity contribution is 7.88. The van der Waals surface area contributed by atoms with Crippen LogP contribution in [0.4, 0.5) is 5.69 Å². The Bertz CT molecular complexity index is 1190. The van der Waals surface area contributed by atoms with E-state index in [2.05, 4.69) is 27.6 Å². The maximum Gasteiger partial charge on any atom is 0.241 e. The molecule has 0 aliphatic carbocycles. The maximum absolute atomic E-state index is 13.6. The number of unbranched alkanes of at least 4 members (excludes halogenated alkanes) is 1. The number of fused-ring (bicyclic) bond motifs is 1. The normalized spacial score (nSPS) is 21.4. The number of carbonyl (C=O) groups is 2. The Labute approximate surface area is 219 Å². The third-order valence-electron chi connectivity index (χ3n) is 7.24. The minimum atomic E-state index is -3.37. The second-order valence-corrected chi connectivity index (χ2v) is 11.7. The number of sulfonamides is 1. The van der Waals surface area contributed by atoms with Crippen LogP contribution in [0, 0.1) is 5.92 Å². The van der Waals surface area contributed by atoms with E-state index in [0.717, 1.165) is 54.4 Å². The van der Waals surface area contributed by atoms with Gasteiger partial charge in [0.25, 0.3) is 0 Å². The number of aromatic nitrogens is 1. The van der Waals surface area contributed by atoms with Crippen molar-refractivity contribution >= 4 is 27.9 Å². The zero-order chi connectivity index (χ0) is 26.4. The number of amides is 1. The third kappa shape index (κ3) is 6.74. The molecular formula is C27H36N4O5S. The van der Waals surface area contributed by atoms with E-state index < -0.39 is 10.0 Å². The summed E-state index contributed by atoms with van der Waals surface area (Å²) in [6.07, 6.45) is 8.53. The fourth-order valence-electron chi connectivity index (χ4n) is 5.41. The summed E-state index contributed by atoms with van der Waals surface area (Å²) < 4.78 is 31.6. The third-order valence-corrected chi connectivity index (χ3v) is 7.97. The first kappa shape index (κ1) is 27.2. The first-order valence-corrected chi connectivity index (χ1v) is 14.8. The summed E-state index contributed by atoms with van der Waals surface area (Å²) in [5.74, 6) is 0.363. The van der Waals surface area contributed by atoms with Crippen molar-refractivity contribution in [3.63, 3.8) is 0 Å². The highest BCUT2D eigenvalue weighted by Crippen LogP contribution is 2.39. The van der Waals surface area contributed by atoms with E-state index in [1.807, 2.05) is 24.3 Å². The molecule has 0 unspecified atom stereocenters. The number of pyridine rings is 1. The van der Waals surface area contributed by atoms with Gasteiger partial charge in [0.2, 0.25) is 15.9 Å². The molecule has 200 valence electrons. The molecule has 2 aromatic rings. The SMILES string of the molecule is CCCCN(C(=O)CN1C[C@H](c2ccc3c(c2)CCO3)[C@@H](C=O)[C@@H]1CCNS(C)(=O)=O)c1cccnc1. The standard InChI is InChI=1S/C27H36N4O5S/c1-3-4-13-31(22-6-5-11-28-16-22)27(33)18-30-17-23(20-7-8-26-21(15-20)10-14-36-26)24(19-32)25(30)9-12-29-37(2,34)35/h5-8,11,15-16,19,23-25,29H,3-4,9-10,12-14,17-18H2,1-2H3/t23-,24-,25+/m1/s1. The second-order valence-electron chi connectivity index (χ2n) is 9.85. The van der Waals surface area contributed by atoms with Crippen molar-refractivity contribution in [3.8, 4) is 5.75 Å². The number of hydrogen-bond donors (Lipinski definition) is 1. The number of rotatable bonds is 12. The van der Waals surface area contributed by atoms with Gasteiger partial charge in [-0.15, -0.1) is 0 Å². The highest BCUT2D eigenvalue weighted by atomic mass is 32.2. The van der Waals surface area contributed by atoms with Gasteiger partial charge in [-0.1, -0.05) is 25.5 Å². The predicted molar refractivity (Wildman–Crippen MR) is 142 cm³/mol. The number of benzene rings is 1. The number of nitrogens with zero attached hydrogens (tertiary/aromatic N) is 3. The summed E-state index contributed by atoms with van der Waals surface area (Å²) in [5, 5.41) is 0. The van der Waals surface area contributed by atoms with Crippen molar-refractivity contribution in [2.45, 2.75) is 44.6 Å². The molecule has 0 radical (unpaired) electrons. The van der Waals surface area contributed by atoms with Crippen LogP contribution in [0.1, 0.15) is 43.2 Å². The van der Waals surface area contributed by atoms with E-state index in [1.54, 1.807) is 17.3 Å². The molecule has 2 aliphatic rings. The average Bonchev–Trinajstić information content (AvgIpc) is 3.48. The number of aldehydes is 1. The molecule has 10 heteroatoms. The largest absolute Gasteiger partial charge is 0.493 e. The predicted octanol–water partition coefficient (Wildman–Crippen LogP) is 2.37. The molecule has 0 bridgehead atoms. The van der Waals surface area contributed by atoms with E-state index in [4.69, 9.17) is 4.74 Å². The number of carbonyl (C=O) groups excluding carboxylic acids is 2. The molecule has 9 nitrogen and oxygen atoms in total. The van der Waals surface area contributed by atoms with Gasteiger partial charge in [-0.2, -0.15) is 0 Å². The zero-order valence-corrected chi connectivity index (χ0v) is 22.3. The average molecular weight is 529 g/mol. The van der Waals surface area contributed by atoms with Gasteiger partial charge >= 0.3 is 0 Å². The first-order chi connectivity index (χ1) is 17.8. The summed E-state index contributed by atoms with van der Waals surface area (Å²) in [6, 6.07) is 9.50. The Morgan fingerprint density at radius 3 is 2.86 bits per heavy atom. The quantitative estimate of drug-likeness (QED) is 0.421. The Kier molecular flexibility index (Phi) is 8.94. The Hall–Kier alpha value is -2.82. The molecule has 1 aromatic carbocycles. The van der Waals surface area contributed by atoms with Gasteiger partial charge in [0.1, 0.15) is 12.0 Å². The van der Waals surface area contributed by atoms with E-state index in [0.29, 0.717) is 26.1 Å². The fraction of sp³-hybridized carbons (Fsp3) is 0.519. The van der Waals surface area contributed by atoms with Gasteiger partial charge in [-0.05, 0) is 42.2 Å². The molecule has 1 amide bonds. The summed E-state index contributed by atoms with van der Waals surface area (Å²) in [4.78, 5) is 34.0. The monoisotopic (exact) mass is 528 g/mol. The van der Waals surface area contributed by atoms with E-state index in [9.17, 15) is 18.0 Å². The van der Waals surface area contributed by atoms with Crippen LogP contribution in [0.3, 0.4) is 0 Å². The molecular weight excluding hydrogens is 492 g/mol. The van der Waals surface area contributed by atoms with Crippen LogP contribution in [0.25, 0.3) is 0 Å². The first-order valence-electron chi connectivity index (χ1n) is 12.9. The van der Waals surface area contributed by atoms with Crippen molar-refractivity contribution in [1.29, 1.82) is 0 Å². The van der Waals surface area contributed by atoms with Crippen LogP contribution in [-0.2, 0) is 26.0 Å². The van der Waals surface area contributed by atoms with Gasteiger partial charge in [0.05, 0.1) is 31.3 Å². The lowest BCUT2D eigenvalue weighted by atomic mass is 9.84. The second kappa shape index (κ2) is 12.1. The van der Waals surface area contributed by atoms with Gasteiger partial charge in [0.15, 0.2) is 0 Å². The van der Waals surface area contributed by atoms with E-state index in [1.165, 1.54) is 0 Å². The molecule has 3 atom stereocenters. The number of ether oxygens (including phenoxy) is 1. The molecule has 3 heterocycles. The van der Waals surface area contributed by atoms with Crippen molar-refractivity contribution in [2.75, 3.05) is 43.9 Å². The van der Waals surface area contributed by atoms with Crippen LogP contribution in [0.5, 0.6) is 5.75 Å². The molecule has 1 N–H and O–H groups in total. The lowest BCUT2D eigenvalue weighted by molar-refractivity contribution is -0.120. The van der Waals surface area contributed by atoms with Crippen molar-refractivity contribution < 1.29 is 22.7 Å². The molecule has 1 saturated heterocycles. The van der Waals surface area contributed by atoms with Crippen LogP contribution in [-0.4, -0.2) is 75.6 Å². The molecule has 2 aliphatic heterocycles. The summed E-state index contributed by atoms with van der Waals surface area (Å²) in [5.41, 5.74) is 2.93. The zero-order valence-electron chi connectivity index (χ0n) is 21.5. The molecule has 0 spiro atoms. The van der Waals surface area contributed by atoms with Crippen LogP contribution in [0.15, 0.2) is 42.7 Å². The van der Waals surface area contributed by atoms with E-state index in [-0.39, 0.29) is 36.9 Å². The summed E-state index contributed by atoms with van der Waals surface area (Å²) in [7, 11) is -3.37. The van der Waals surface area contributed by atoms with Gasteiger partial charge in [0, 0.05) is 50.1 Å². The Morgan fingerprint density at radius 2 is 2.16 bits per heavy atom. The number of nitrogens with one attached hydrogen (secondary N) is 1. The number of hydrogen-bond acceptors (Lipinski definition) is 7. The Balaban J connectivity index is 1.58. The molecule has 0 saturated carbocycles. The van der Waals surface area contributed by atoms with Gasteiger partial charge in [-0.25, -0.2) is 13.1 Å². The van der Waals surface area contributed by atoms with Crippen LogP contribution in [0.2, 0.25) is 0 Å². The van der Waals surface area contributed by atoms with Crippen molar-refractivity contribution in [3.05, 3.63) is 53.9 Å². The summed E-state index contributed by atoms with van der Waals surface area (Å²) >= 11 is 0. The lowest BCUT2D eigenvalue weighted by Crippen LogP contribution is -2.45. The van der Waals surface area contributed by atoms with Gasteiger partial charge < -0.3 is 14.4 Å².